The van der Waals surface area contributed by atoms with Crippen molar-refractivity contribution in [2.75, 3.05) is 5.32 Å². The predicted molar refractivity (Wildman–Crippen MR) is 69.4 cm³/mol. The molecule has 0 aliphatic heterocycles. The molecule has 0 aliphatic carbocycles. The summed E-state index contributed by atoms with van der Waals surface area (Å²) in [6.07, 6.45) is 1.71. The molecule has 2 N–H and O–H groups in total. The fraction of sp³-hybridized carbons (Fsp3) is 0.214. The van der Waals surface area contributed by atoms with Crippen LogP contribution in [0.5, 0.6) is 0 Å². The van der Waals surface area contributed by atoms with Gasteiger partial charge in [0.2, 0.25) is 0 Å². The van der Waals surface area contributed by atoms with E-state index in [1.165, 1.54) is 11.1 Å². The van der Waals surface area contributed by atoms with Gasteiger partial charge in [-0.15, -0.1) is 0 Å². The van der Waals surface area contributed by atoms with Gasteiger partial charge in [-0.3, -0.25) is 0 Å². The molecule has 2 rings (SSSR count). The number of rotatable bonds is 3. The molecule has 0 spiro atoms. The van der Waals surface area contributed by atoms with Gasteiger partial charge < -0.3 is 10.4 Å². The standard InChI is InChI=1S/C14H16N2O/c1-10-5-3-7-13(11(10)2)16-14-12(9-17)6-4-8-15-14/h3-8,17H,9H2,1-2H3,(H,15,16). The molecule has 0 aliphatic rings. The smallest absolute Gasteiger partial charge is 0.135 e. The molecule has 3 heteroatoms. The van der Waals surface area contributed by atoms with Crippen LogP contribution in [0.4, 0.5) is 11.5 Å². The molecule has 0 saturated heterocycles. The van der Waals surface area contributed by atoms with Gasteiger partial charge in [0, 0.05) is 17.4 Å². The molecule has 1 aromatic heterocycles. The number of aliphatic hydroxyl groups is 1. The van der Waals surface area contributed by atoms with Crippen molar-refractivity contribution >= 4 is 11.5 Å². The number of aromatic nitrogens is 1. The van der Waals surface area contributed by atoms with Crippen molar-refractivity contribution in [3.63, 3.8) is 0 Å². The molecule has 1 aromatic carbocycles. The van der Waals surface area contributed by atoms with Crippen molar-refractivity contribution in [2.24, 2.45) is 0 Å². The monoisotopic (exact) mass is 228 g/mol. The van der Waals surface area contributed by atoms with E-state index in [1.807, 2.05) is 24.3 Å². The Balaban J connectivity index is 2.35. The Hall–Kier alpha value is -1.87. The molecule has 1 heterocycles. The first kappa shape index (κ1) is 11.6. The van der Waals surface area contributed by atoms with Crippen LogP contribution in [-0.2, 0) is 6.61 Å². The van der Waals surface area contributed by atoms with Gasteiger partial charge in [0.25, 0.3) is 0 Å². The number of hydrogen-bond acceptors (Lipinski definition) is 3. The van der Waals surface area contributed by atoms with Crippen LogP contribution in [0, 0.1) is 13.8 Å². The lowest BCUT2D eigenvalue weighted by atomic mass is 10.1. The predicted octanol–water partition coefficient (Wildman–Crippen LogP) is 2.93. The number of pyridine rings is 1. The van der Waals surface area contributed by atoms with Crippen molar-refractivity contribution in [1.82, 2.24) is 4.98 Å². The van der Waals surface area contributed by atoms with E-state index in [1.54, 1.807) is 6.20 Å². The van der Waals surface area contributed by atoms with E-state index in [0.29, 0.717) is 5.82 Å². The number of nitrogens with one attached hydrogen (secondary N) is 1. The lowest BCUT2D eigenvalue weighted by molar-refractivity contribution is 0.282. The fourth-order valence-electron chi connectivity index (χ4n) is 1.69. The Bertz CT molecular complexity index is 523. The Kier molecular flexibility index (Phi) is 3.40. The minimum absolute atomic E-state index is 0.0129. The third kappa shape index (κ3) is 2.45. The van der Waals surface area contributed by atoms with Crippen LogP contribution < -0.4 is 5.32 Å². The Morgan fingerprint density at radius 1 is 1.18 bits per heavy atom. The Labute approximate surface area is 101 Å². The maximum Gasteiger partial charge on any atom is 0.135 e. The molecule has 0 bridgehead atoms. The lowest BCUT2D eigenvalue weighted by Crippen LogP contribution is -2.00. The van der Waals surface area contributed by atoms with Crippen molar-refractivity contribution in [2.45, 2.75) is 20.5 Å². The van der Waals surface area contributed by atoms with E-state index < -0.39 is 0 Å². The fourth-order valence-corrected chi connectivity index (χ4v) is 1.69. The number of aryl methyl sites for hydroxylation is 1. The zero-order valence-corrected chi connectivity index (χ0v) is 10.1. The van der Waals surface area contributed by atoms with E-state index in [-0.39, 0.29) is 6.61 Å². The second kappa shape index (κ2) is 4.97. The summed E-state index contributed by atoms with van der Waals surface area (Å²) in [6, 6.07) is 9.77. The number of anilines is 2. The normalized spacial score (nSPS) is 10.3. The van der Waals surface area contributed by atoms with Gasteiger partial charge in [0.1, 0.15) is 5.82 Å². The summed E-state index contributed by atoms with van der Waals surface area (Å²) in [5, 5.41) is 12.5. The second-order valence-electron chi connectivity index (χ2n) is 4.04. The average molecular weight is 228 g/mol. The zero-order valence-electron chi connectivity index (χ0n) is 10.1. The van der Waals surface area contributed by atoms with Crippen LogP contribution in [0.3, 0.4) is 0 Å². The van der Waals surface area contributed by atoms with E-state index in [0.717, 1.165) is 11.3 Å². The van der Waals surface area contributed by atoms with E-state index >= 15 is 0 Å². The largest absolute Gasteiger partial charge is 0.392 e. The zero-order chi connectivity index (χ0) is 12.3. The molecule has 3 nitrogen and oxygen atoms in total. The number of aliphatic hydroxyl groups excluding tert-OH is 1. The highest BCUT2D eigenvalue weighted by molar-refractivity contribution is 5.63. The molecule has 88 valence electrons. The van der Waals surface area contributed by atoms with Crippen LogP contribution in [0.1, 0.15) is 16.7 Å². The summed E-state index contributed by atoms with van der Waals surface area (Å²) < 4.78 is 0. The lowest BCUT2D eigenvalue weighted by Gasteiger charge is -2.12. The van der Waals surface area contributed by atoms with Gasteiger partial charge in [-0.05, 0) is 37.1 Å². The minimum atomic E-state index is -0.0129. The quantitative estimate of drug-likeness (QED) is 0.849. The summed E-state index contributed by atoms with van der Waals surface area (Å²) in [5.41, 5.74) is 4.25. The van der Waals surface area contributed by atoms with Gasteiger partial charge in [0.15, 0.2) is 0 Å². The van der Waals surface area contributed by atoms with Crippen molar-refractivity contribution in [3.8, 4) is 0 Å². The molecular formula is C14H16N2O. The molecular weight excluding hydrogens is 212 g/mol. The van der Waals surface area contributed by atoms with Crippen LogP contribution in [0.25, 0.3) is 0 Å². The third-order valence-corrected chi connectivity index (χ3v) is 2.92. The summed E-state index contributed by atoms with van der Waals surface area (Å²) in [5.74, 6) is 0.712. The molecule has 0 atom stereocenters. The SMILES string of the molecule is Cc1cccc(Nc2ncccc2CO)c1C. The summed E-state index contributed by atoms with van der Waals surface area (Å²) in [6.45, 7) is 4.13. The third-order valence-electron chi connectivity index (χ3n) is 2.92. The van der Waals surface area contributed by atoms with Crippen LogP contribution in [0.2, 0.25) is 0 Å². The van der Waals surface area contributed by atoms with Crippen molar-refractivity contribution < 1.29 is 5.11 Å². The number of benzene rings is 1. The summed E-state index contributed by atoms with van der Waals surface area (Å²) >= 11 is 0. The molecule has 2 aromatic rings. The highest BCUT2D eigenvalue weighted by atomic mass is 16.3. The maximum atomic E-state index is 9.24. The van der Waals surface area contributed by atoms with Crippen LogP contribution in [0.15, 0.2) is 36.5 Å². The van der Waals surface area contributed by atoms with Gasteiger partial charge >= 0.3 is 0 Å². The first-order chi connectivity index (χ1) is 8.22. The van der Waals surface area contributed by atoms with Gasteiger partial charge in [-0.2, -0.15) is 0 Å². The van der Waals surface area contributed by atoms with Crippen LogP contribution >= 0.6 is 0 Å². The van der Waals surface area contributed by atoms with E-state index in [2.05, 4.69) is 30.2 Å². The van der Waals surface area contributed by atoms with E-state index in [9.17, 15) is 5.11 Å². The highest BCUT2D eigenvalue weighted by Crippen LogP contribution is 2.23. The molecule has 0 saturated carbocycles. The topological polar surface area (TPSA) is 45.2 Å². The van der Waals surface area contributed by atoms with Gasteiger partial charge in [-0.25, -0.2) is 4.98 Å². The molecule has 17 heavy (non-hydrogen) atoms. The highest BCUT2D eigenvalue weighted by Gasteiger charge is 2.05. The van der Waals surface area contributed by atoms with Gasteiger partial charge in [-0.1, -0.05) is 18.2 Å². The minimum Gasteiger partial charge on any atom is -0.392 e. The first-order valence-electron chi connectivity index (χ1n) is 5.60. The van der Waals surface area contributed by atoms with Gasteiger partial charge in [0.05, 0.1) is 6.61 Å². The Morgan fingerprint density at radius 2 is 2.00 bits per heavy atom. The molecule has 0 fully saturated rings. The number of hydrogen-bond donors (Lipinski definition) is 2. The van der Waals surface area contributed by atoms with Crippen LogP contribution in [-0.4, -0.2) is 10.1 Å². The number of nitrogens with zero attached hydrogens (tertiary/aromatic N) is 1. The van der Waals surface area contributed by atoms with Crippen molar-refractivity contribution in [3.05, 3.63) is 53.2 Å². The van der Waals surface area contributed by atoms with E-state index in [4.69, 9.17) is 0 Å². The molecule has 0 amide bonds. The van der Waals surface area contributed by atoms with Crippen molar-refractivity contribution in [1.29, 1.82) is 0 Å². The molecule has 0 radical (unpaired) electrons. The first-order valence-corrected chi connectivity index (χ1v) is 5.60. The second-order valence-corrected chi connectivity index (χ2v) is 4.04. The maximum absolute atomic E-state index is 9.24. The Morgan fingerprint density at radius 3 is 2.76 bits per heavy atom. The average Bonchev–Trinajstić information content (AvgIpc) is 2.35. The molecule has 0 unspecified atom stereocenters. The summed E-state index contributed by atoms with van der Waals surface area (Å²) in [4.78, 5) is 4.24. The summed E-state index contributed by atoms with van der Waals surface area (Å²) in [7, 11) is 0.